The van der Waals surface area contributed by atoms with Crippen molar-refractivity contribution in [3.05, 3.63) is 47.6 Å². The maximum Gasteiger partial charge on any atom is 0.356 e. The summed E-state index contributed by atoms with van der Waals surface area (Å²) in [5.74, 6) is -0.510. The zero-order valence-corrected chi connectivity index (χ0v) is 11.2. The summed E-state index contributed by atoms with van der Waals surface area (Å²) in [5.41, 5.74) is 2.18. The first-order chi connectivity index (χ1) is 9.69. The van der Waals surface area contributed by atoms with Crippen LogP contribution in [0.15, 0.2) is 41.3 Å². The monoisotopic (exact) mass is 288 g/mol. The fourth-order valence-corrected chi connectivity index (χ4v) is 2.19. The van der Waals surface area contributed by atoms with Crippen LogP contribution < -0.4 is 0 Å². The van der Waals surface area contributed by atoms with Gasteiger partial charge in [0.05, 0.1) is 24.1 Å². The summed E-state index contributed by atoms with van der Waals surface area (Å²) in [7, 11) is 1.30. The third-order valence-electron chi connectivity index (χ3n) is 2.86. The van der Waals surface area contributed by atoms with Crippen molar-refractivity contribution in [3.8, 4) is 11.3 Å². The molecule has 0 N–H and O–H groups in total. The number of halogens is 1. The van der Waals surface area contributed by atoms with E-state index in [1.54, 1.807) is 18.4 Å². The first-order valence-corrected chi connectivity index (χ1v) is 6.14. The third kappa shape index (κ3) is 2.12. The number of carbonyl (C=O) groups is 1. The van der Waals surface area contributed by atoms with Crippen LogP contribution >= 0.6 is 11.6 Å². The predicted octanol–water partition coefficient (Wildman–Crippen LogP) is 3.33. The van der Waals surface area contributed by atoms with E-state index in [1.807, 2.05) is 12.1 Å². The normalized spacial score (nSPS) is 10.7. The number of methoxy groups -OCH3 is 1. The van der Waals surface area contributed by atoms with Crippen LogP contribution in [0.1, 0.15) is 10.5 Å². The lowest BCUT2D eigenvalue weighted by molar-refractivity contribution is 0.0594. The van der Waals surface area contributed by atoms with Gasteiger partial charge in [0, 0.05) is 10.9 Å². The maximum absolute atomic E-state index is 11.5. The zero-order chi connectivity index (χ0) is 14.1. The highest BCUT2D eigenvalue weighted by molar-refractivity contribution is 6.35. The number of hydrogen-bond acceptors (Lipinski definition) is 5. The number of furan rings is 1. The van der Waals surface area contributed by atoms with Crippen LogP contribution in [-0.2, 0) is 4.74 Å². The van der Waals surface area contributed by atoms with Gasteiger partial charge in [0.25, 0.3) is 0 Å². The lowest BCUT2D eigenvalue weighted by atomic mass is 10.1. The van der Waals surface area contributed by atoms with Crippen molar-refractivity contribution >= 4 is 28.5 Å². The molecular weight excluding hydrogens is 280 g/mol. The van der Waals surface area contributed by atoms with Gasteiger partial charge >= 0.3 is 5.97 Å². The molecule has 0 atom stereocenters. The molecule has 0 fully saturated rings. The summed E-state index contributed by atoms with van der Waals surface area (Å²) in [4.78, 5) is 19.5. The van der Waals surface area contributed by atoms with E-state index in [2.05, 4.69) is 14.7 Å². The molecule has 2 aromatic heterocycles. The minimum absolute atomic E-state index is 0.195. The van der Waals surface area contributed by atoms with E-state index in [4.69, 9.17) is 16.0 Å². The number of esters is 1. The van der Waals surface area contributed by atoms with Crippen molar-refractivity contribution in [2.75, 3.05) is 7.11 Å². The van der Waals surface area contributed by atoms with Gasteiger partial charge in [0.1, 0.15) is 6.33 Å². The van der Waals surface area contributed by atoms with Crippen molar-refractivity contribution in [2.45, 2.75) is 0 Å². The number of hydrogen-bond donors (Lipinski definition) is 0. The third-order valence-corrected chi connectivity index (χ3v) is 3.14. The Bertz CT molecular complexity index is 798. The minimum atomic E-state index is -0.510. The SMILES string of the molecule is COC(=O)c1cc(-c2cc(Cl)c3occc3c2)ncn1. The van der Waals surface area contributed by atoms with Gasteiger partial charge in [-0.3, -0.25) is 0 Å². The van der Waals surface area contributed by atoms with Crippen LogP contribution in [0.5, 0.6) is 0 Å². The quantitative estimate of drug-likeness (QED) is 0.677. The molecular formula is C14H9ClN2O3. The topological polar surface area (TPSA) is 65.2 Å². The molecule has 100 valence electrons. The summed E-state index contributed by atoms with van der Waals surface area (Å²) in [6, 6.07) is 6.99. The molecule has 0 aliphatic rings. The summed E-state index contributed by atoms with van der Waals surface area (Å²) >= 11 is 6.15. The summed E-state index contributed by atoms with van der Waals surface area (Å²) in [5, 5.41) is 1.35. The number of benzene rings is 1. The van der Waals surface area contributed by atoms with Gasteiger partial charge < -0.3 is 9.15 Å². The lowest BCUT2D eigenvalue weighted by Gasteiger charge is -2.04. The summed E-state index contributed by atoms with van der Waals surface area (Å²) in [6.07, 6.45) is 2.88. The van der Waals surface area contributed by atoms with Gasteiger partial charge in [-0.25, -0.2) is 14.8 Å². The second kappa shape index (κ2) is 4.94. The van der Waals surface area contributed by atoms with Crippen molar-refractivity contribution in [1.82, 2.24) is 9.97 Å². The van der Waals surface area contributed by atoms with Crippen LogP contribution in [-0.4, -0.2) is 23.0 Å². The van der Waals surface area contributed by atoms with Crippen LogP contribution in [0.3, 0.4) is 0 Å². The second-order valence-corrected chi connectivity index (χ2v) is 4.48. The fourth-order valence-electron chi connectivity index (χ4n) is 1.92. The Hall–Kier alpha value is -2.40. The van der Waals surface area contributed by atoms with E-state index >= 15 is 0 Å². The molecule has 0 saturated carbocycles. The van der Waals surface area contributed by atoms with Gasteiger partial charge in [-0.1, -0.05) is 11.6 Å². The van der Waals surface area contributed by atoms with Crippen LogP contribution in [0.4, 0.5) is 0 Å². The summed E-state index contributed by atoms with van der Waals surface area (Å²) in [6.45, 7) is 0. The Labute approximate surface area is 119 Å². The van der Waals surface area contributed by atoms with Crippen molar-refractivity contribution in [3.63, 3.8) is 0 Å². The molecule has 0 amide bonds. The van der Waals surface area contributed by atoms with Crippen molar-refractivity contribution in [1.29, 1.82) is 0 Å². The molecule has 1 aromatic carbocycles. The van der Waals surface area contributed by atoms with Crippen molar-refractivity contribution in [2.24, 2.45) is 0 Å². The molecule has 0 bridgehead atoms. The van der Waals surface area contributed by atoms with Gasteiger partial charge in [-0.15, -0.1) is 0 Å². The van der Waals surface area contributed by atoms with Crippen LogP contribution in [0.2, 0.25) is 5.02 Å². The van der Waals surface area contributed by atoms with Gasteiger partial charge in [0.15, 0.2) is 11.3 Å². The first-order valence-electron chi connectivity index (χ1n) is 5.76. The summed E-state index contributed by atoms with van der Waals surface area (Å²) < 4.78 is 9.92. The Morgan fingerprint density at radius 2 is 2.15 bits per heavy atom. The Balaban J connectivity index is 2.13. The Kier molecular flexibility index (Phi) is 3.12. The number of carbonyl (C=O) groups excluding carboxylic acids is 1. The molecule has 0 saturated heterocycles. The molecule has 2 heterocycles. The smallest absolute Gasteiger partial charge is 0.356 e. The zero-order valence-electron chi connectivity index (χ0n) is 10.5. The van der Waals surface area contributed by atoms with E-state index in [1.165, 1.54) is 13.4 Å². The molecule has 6 heteroatoms. The van der Waals surface area contributed by atoms with Gasteiger partial charge in [-0.05, 0) is 24.3 Å². The molecule has 3 rings (SSSR count). The van der Waals surface area contributed by atoms with Crippen LogP contribution in [0, 0.1) is 0 Å². The van der Waals surface area contributed by atoms with E-state index in [0.717, 1.165) is 10.9 Å². The Morgan fingerprint density at radius 3 is 2.95 bits per heavy atom. The predicted molar refractivity (Wildman–Crippen MR) is 73.6 cm³/mol. The Morgan fingerprint density at radius 1 is 1.30 bits per heavy atom. The van der Waals surface area contributed by atoms with E-state index in [-0.39, 0.29) is 5.69 Å². The second-order valence-electron chi connectivity index (χ2n) is 4.08. The molecule has 0 radical (unpaired) electrons. The van der Waals surface area contributed by atoms with Crippen LogP contribution in [0.25, 0.3) is 22.2 Å². The number of nitrogens with zero attached hydrogens (tertiary/aromatic N) is 2. The average Bonchev–Trinajstić information content (AvgIpc) is 2.95. The molecule has 0 aliphatic carbocycles. The fraction of sp³-hybridized carbons (Fsp3) is 0.0714. The van der Waals surface area contributed by atoms with Crippen molar-refractivity contribution < 1.29 is 13.9 Å². The number of aromatic nitrogens is 2. The van der Waals surface area contributed by atoms with E-state index in [0.29, 0.717) is 16.3 Å². The van der Waals surface area contributed by atoms with Gasteiger partial charge in [0.2, 0.25) is 0 Å². The minimum Gasteiger partial charge on any atom is -0.464 e. The molecule has 20 heavy (non-hydrogen) atoms. The van der Waals surface area contributed by atoms with E-state index in [9.17, 15) is 4.79 Å². The molecule has 0 aliphatic heterocycles. The average molecular weight is 289 g/mol. The molecule has 3 aromatic rings. The number of fused-ring (bicyclic) bond motifs is 1. The van der Waals surface area contributed by atoms with Gasteiger partial charge in [-0.2, -0.15) is 0 Å². The largest absolute Gasteiger partial charge is 0.464 e. The number of rotatable bonds is 2. The molecule has 0 spiro atoms. The highest BCUT2D eigenvalue weighted by Crippen LogP contribution is 2.30. The standard InChI is InChI=1S/C14H9ClN2O3/c1-19-14(18)12-6-11(16-7-17-12)9-4-8-2-3-20-13(8)10(15)5-9/h2-7H,1H3. The molecule has 0 unspecified atom stereocenters. The maximum atomic E-state index is 11.5. The highest BCUT2D eigenvalue weighted by atomic mass is 35.5. The van der Waals surface area contributed by atoms with E-state index < -0.39 is 5.97 Å². The lowest BCUT2D eigenvalue weighted by Crippen LogP contribution is -2.04. The molecule has 5 nitrogen and oxygen atoms in total. The first kappa shape index (κ1) is 12.6. The highest BCUT2D eigenvalue weighted by Gasteiger charge is 2.12. The number of ether oxygens (including phenoxy) is 1.